The van der Waals surface area contributed by atoms with Gasteiger partial charge in [0.15, 0.2) is 5.78 Å². The summed E-state index contributed by atoms with van der Waals surface area (Å²) < 4.78 is 5.72. The van der Waals surface area contributed by atoms with Crippen molar-refractivity contribution in [3.05, 3.63) is 89.5 Å². The van der Waals surface area contributed by atoms with Crippen LogP contribution >= 0.6 is 0 Å². The Morgan fingerprint density at radius 2 is 1.71 bits per heavy atom. The first-order valence-corrected chi connectivity index (χ1v) is 9.12. The number of anilines is 2. The van der Waals surface area contributed by atoms with Crippen LogP contribution in [-0.4, -0.2) is 18.3 Å². The lowest BCUT2D eigenvalue weighted by Crippen LogP contribution is -2.29. The Morgan fingerprint density at radius 1 is 1.00 bits per heavy atom. The second-order valence-electron chi connectivity index (χ2n) is 6.81. The van der Waals surface area contributed by atoms with Gasteiger partial charge in [-0.3, -0.25) is 9.59 Å². The number of para-hydroxylation sites is 3. The largest absolute Gasteiger partial charge is 0.492 e. The van der Waals surface area contributed by atoms with Gasteiger partial charge in [0.25, 0.3) is 5.91 Å². The number of nitrogen functional groups attached to an aromatic ring is 1. The van der Waals surface area contributed by atoms with E-state index in [1.807, 2.05) is 42.5 Å². The number of hydrogen-bond donors (Lipinski definition) is 2. The van der Waals surface area contributed by atoms with Crippen LogP contribution < -0.4 is 15.8 Å². The van der Waals surface area contributed by atoms with Gasteiger partial charge in [0.05, 0.1) is 29.5 Å². The lowest BCUT2D eigenvalue weighted by molar-refractivity contribution is 0.0830. The number of nitrogens with two attached hydrogens (primary N) is 1. The summed E-state index contributed by atoms with van der Waals surface area (Å²) in [6.07, 6.45) is 0.570. The minimum absolute atomic E-state index is 0.100. The number of carbonyl (C=O) groups excluding carboxylic acids is 2. The Hall–Kier alpha value is -3.60. The average molecular weight is 372 g/mol. The molecule has 0 unspecified atom stereocenters. The number of fused-ring (bicyclic) bond motifs is 1. The Bertz CT molecular complexity index is 1030. The maximum Gasteiger partial charge on any atom is 0.255 e. The molecule has 1 atom stereocenters. The summed E-state index contributed by atoms with van der Waals surface area (Å²) in [5.74, 6) is 0.299. The number of carbonyl (C=O) groups is 2. The summed E-state index contributed by atoms with van der Waals surface area (Å²) in [4.78, 5) is 25.1. The molecule has 0 bridgehead atoms. The van der Waals surface area contributed by atoms with E-state index in [2.05, 4.69) is 5.32 Å². The van der Waals surface area contributed by atoms with Gasteiger partial charge in [-0.15, -0.1) is 0 Å². The first-order chi connectivity index (χ1) is 13.6. The van der Waals surface area contributed by atoms with Crippen molar-refractivity contribution in [3.8, 4) is 5.75 Å². The minimum atomic E-state index is -0.226. The van der Waals surface area contributed by atoms with E-state index in [1.54, 1.807) is 30.3 Å². The lowest BCUT2D eigenvalue weighted by Gasteiger charge is -2.24. The zero-order valence-corrected chi connectivity index (χ0v) is 15.2. The molecule has 0 fully saturated rings. The molecule has 5 heteroatoms. The van der Waals surface area contributed by atoms with Gasteiger partial charge in [0, 0.05) is 5.56 Å². The van der Waals surface area contributed by atoms with Crippen molar-refractivity contribution in [3.63, 3.8) is 0 Å². The van der Waals surface area contributed by atoms with E-state index in [4.69, 9.17) is 10.5 Å². The van der Waals surface area contributed by atoms with Crippen LogP contribution in [0.2, 0.25) is 0 Å². The molecule has 28 heavy (non-hydrogen) atoms. The van der Waals surface area contributed by atoms with Crippen molar-refractivity contribution in [2.24, 2.45) is 5.92 Å². The van der Waals surface area contributed by atoms with Crippen molar-refractivity contribution >= 4 is 23.1 Å². The summed E-state index contributed by atoms with van der Waals surface area (Å²) in [5, 5.41) is 2.81. The highest BCUT2D eigenvalue weighted by atomic mass is 16.5. The molecule has 0 saturated heterocycles. The van der Waals surface area contributed by atoms with E-state index < -0.39 is 0 Å². The zero-order valence-electron chi connectivity index (χ0n) is 15.2. The number of ketones is 1. The maximum absolute atomic E-state index is 12.7. The van der Waals surface area contributed by atoms with Crippen LogP contribution in [0, 0.1) is 5.92 Å². The Morgan fingerprint density at radius 3 is 2.50 bits per heavy atom. The minimum Gasteiger partial charge on any atom is -0.492 e. The first-order valence-electron chi connectivity index (χ1n) is 9.12. The van der Waals surface area contributed by atoms with Gasteiger partial charge >= 0.3 is 0 Å². The highest BCUT2D eigenvalue weighted by Crippen LogP contribution is 2.28. The Kier molecular flexibility index (Phi) is 4.81. The van der Waals surface area contributed by atoms with Crippen LogP contribution in [0.4, 0.5) is 11.4 Å². The fourth-order valence-electron chi connectivity index (χ4n) is 3.32. The van der Waals surface area contributed by atoms with Crippen LogP contribution in [0.25, 0.3) is 0 Å². The first kappa shape index (κ1) is 17.8. The number of benzene rings is 3. The highest BCUT2D eigenvalue weighted by molar-refractivity contribution is 6.05. The fourth-order valence-corrected chi connectivity index (χ4v) is 3.32. The van der Waals surface area contributed by atoms with Gasteiger partial charge in [-0.25, -0.2) is 0 Å². The molecule has 0 spiro atoms. The van der Waals surface area contributed by atoms with Gasteiger partial charge in [0.1, 0.15) is 5.75 Å². The van der Waals surface area contributed by atoms with Crippen molar-refractivity contribution < 1.29 is 14.3 Å². The third-order valence-corrected chi connectivity index (χ3v) is 4.87. The van der Waals surface area contributed by atoms with Gasteiger partial charge in [-0.1, -0.05) is 36.4 Å². The molecule has 3 N–H and O–H groups in total. The average Bonchev–Trinajstić information content (AvgIpc) is 2.72. The smallest absolute Gasteiger partial charge is 0.255 e. The molecule has 3 aromatic rings. The second kappa shape index (κ2) is 7.56. The molecule has 1 aliphatic heterocycles. The van der Waals surface area contributed by atoms with Crippen LogP contribution in [0.15, 0.2) is 72.8 Å². The van der Waals surface area contributed by atoms with Crippen molar-refractivity contribution in [2.45, 2.75) is 6.42 Å². The van der Waals surface area contributed by atoms with Gasteiger partial charge < -0.3 is 15.8 Å². The molecule has 140 valence electrons. The lowest BCUT2D eigenvalue weighted by atomic mass is 9.89. The third kappa shape index (κ3) is 3.60. The molecule has 1 amide bonds. The van der Waals surface area contributed by atoms with Gasteiger partial charge in [-0.05, 0) is 48.4 Å². The standard InChI is InChI=1S/C23H20N2O3/c24-19-6-2-3-7-20(19)25-23(27)16-11-9-15(10-12-16)13-17-14-28-21-8-4-1-5-18(21)22(17)26/h1-12,17H,13-14,24H2,(H,25,27)/t17-/m1/s1. The molecule has 0 aromatic heterocycles. The predicted molar refractivity (Wildman–Crippen MR) is 109 cm³/mol. The van der Waals surface area contributed by atoms with Crippen LogP contribution in [0.5, 0.6) is 5.75 Å². The highest BCUT2D eigenvalue weighted by Gasteiger charge is 2.28. The van der Waals surface area contributed by atoms with E-state index in [-0.39, 0.29) is 17.6 Å². The van der Waals surface area contributed by atoms with E-state index in [0.717, 1.165) is 5.56 Å². The van der Waals surface area contributed by atoms with Crippen molar-refractivity contribution in [2.75, 3.05) is 17.7 Å². The molecule has 5 nitrogen and oxygen atoms in total. The molecule has 0 saturated carbocycles. The quantitative estimate of drug-likeness (QED) is 0.680. The monoisotopic (exact) mass is 372 g/mol. The third-order valence-electron chi connectivity index (χ3n) is 4.87. The number of Topliss-reactive ketones (excluding diaryl/α,β-unsaturated/α-hetero) is 1. The van der Waals surface area contributed by atoms with E-state index in [9.17, 15) is 9.59 Å². The summed E-state index contributed by atoms with van der Waals surface area (Å²) in [5.41, 5.74) is 9.11. The predicted octanol–water partition coefficient (Wildman–Crippen LogP) is 3.96. The number of nitrogens with one attached hydrogen (secondary N) is 1. The van der Waals surface area contributed by atoms with Crippen LogP contribution in [0.1, 0.15) is 26.3 Å². The van der Waals surface area contributed by atoms with Gasteiger partial charge in [-0.2, -0.15) is 0 Å². The number of rotatable bonds is 4. The topological polar surface area (TPSA) is 81.4 Å². The normalized spacial score (nSPS) is 15.4. The Labute approximate surface area is 163 Å². The number of hydrogen-bond acceptors (Lipinski definition) is 4. The number of amides is 1. The molecular formula is C23H20N2O3. The molecule has 0 aliphatic carbocycles. The molecule has 4 rings (SSSR count). The maximum atomic E-state index is 12.7. The van der Waals surface area contributed by atoms with Gasteiger partial charge in [0.2, 0.25) is 0 Å². The van der Waals surface area contributed by atoms with E-state index in [1.165, 1.54) is 0 Å². The summed E-state index contributed by atoms with van der Waals surface area (Å²) >= 11 is 0. The summed E-state index contributed by atoms with van der Waals surface area (Å²) in [6.45, 7) is 0.366. The Balaban J connectivity index is 1.43. The van der Waals surface area contributed by atoms with E-state index >= 15 is 0 Å². The molecular weight excluding hydrogens is 352 g/mol. The van der Waals surface area contributed by atoms with Crippen molar-refractivity contribution in [1.82, 2.24) is 0 Å². The SMILES string of the molecule is Nc1ccccc1NC(=O)c1ccc(C[C@@H]2COc3ccccc3C2=O)cc1. The second-order valence-corrected chi connectivity index (χ2v) is 6.81. The molecule has 1 heterocycles. The van der Waals surface area contributed by atoms with Crippen LogP contribution in [0.3, 0.4) is 0 Å². The summed E-state index contributed by atoms with van der Waals surface area (Å²) in [7, 11) is 0. The van der Waals surface area contributed by atoms with E-state index in [0.29, 0.717) is 41.3 Å². The number of ether oxygens (including phenoxy) is 1. The molecule has 3 aromatic carbocycles. The molecule has 0 radical (unpaired) electrons. The van der Waals surface area contributed by atoms with Crippen LogP contribution in [-0.2, 0) is 6.42 Å². The van der Waals surface area contributed by atoms with Crippen molar-refractivity contribution in [1.29, 1.82) is 0 Å². The zero-order chi connectivity index (χ0) is 19.5. The summed E-state index contributed by atoms with van der Waals surface area (Å²) in [6, 6.07) is 21.7. The fraction of sp³-hybridized carbons (Fsp3) is 0.130. The molecule has 1 aliphatic rings.